The average Bonchev–Trinajstić information content (AvgIpc) is 2.89. The van der Waals surface area contributed by atoms with E-state index in [-0.39, 0.29) is 17.3 Å². The van der Waals surface area contributed by atoms with Crippen molar-refractivity contribution in [2.75, 3.05) is 23.9 Å². The summed E-state index contributed by atoms with van der Waals surface area (Å²) in [6.45, 7) is 7.04. The Morgan fingerprint density at radius 2 is 1.58 bits per heavy atom. The number of benzene rings is 3. The zero-order valence-electron chi connectivity index (χ0n) is 21.1. The maximum absolute atomic E-state index is 13.6. The third-order valence-corrected chi connectivity index (χ3v) is 8.57. The molecule has 0 radical (unpaired) electrons. The molecule has 1 saturated heterocycles. The van der Waals surface area contributed by atoms with Gasteiger partial charge in [-0.1, -0.05) is 61.0 Å². The van der Waals surface area contributed by atoms with Gasteiger partial charge in [0.05, 0.1) is 10.6 Å². The maximum atomic E-state index is 13.6. The molecule has 0 saturated carbocycles. The number of aryl methyl sites for hydroxylation is 1. The monoisotopic (exact) mass is 505 g/mol. The number of carbonyl (C=O) groups is 1. The van der Waals surface area contributed by atoms with E-state index in [0.29, 0.717) is 12.2 Å². The third kappa shape index (κ3) is 6.33. The third-order valence-electron chi connectivity index (χ3n) is 6.80. The Kier molecular flexibility index (Phi) is 8.44. The van der Waals surface area contributed by atoms with Crippen LogP contribution in [0.3, 0.4) is 0 Å². The van der Waals surface area contributed by atoms with E-state index in [1.165, 1.54) is 29.1 Å². The minimum absolute atomic E-state index is 0.157. The fourth-order valence-electron chi connectivity index (χ4n) is 4.63. The highest BCUT2D eigenvalue weighted by atomic mass is 32.2. The molecular weight excluding hydrogens is 470 g/mol. The van der Waals surface area contributed by atoms with Crippen LogP contribution in [0.5, 0.6) is 0 Å². The molecule has 1 N–H and O–H groups in total. The Bertz CT molecular complexity index is 1290. The number of amides is 1. The lowest BCUT2D eigenvalue weighted by atomic mass is 10.1. The van der Waals surface area contributed by atoms with Gasteiger partial charge in [0.2, 0.25) is 5.91 Å². The van der Waals surface area contributed by atoms with Crippen LogP contribution in [0.25, 0.3) is 0 Å². The molecule has 3 aromatic rings. The summed E-state index contributed by atoms with van der Waals surface area (Å²) in [7, 11) is -3.93. The van der Waals surface area contributed by atoms with E-state index in [0.717, 1.165) is 36.3 Å². The first-order valence-corrected chi connectivity index (χ1v) is 14.0. The van der Waals surface area contributed by atoms with Gasteiger partial charge in [0.25, 0.3) is 10.0 Å². The Morgan fingerprint density at radius 1 is 0.889 bits per heavy atom. The average molecular weight is 506 g/mol. The van der Waals surface area contributed by atoms with Gasteiger partial charge in [-0.05, 0) is 80.2 Å². The van der Waals surface area contributed by atoms with Crippen LogP contribution >= 0.6 is 0 Å². The van der Waals surface area contributed by atoms with Gasteiger partial charge in [-0.3, -0.25) is 14.0 Å². The highest BCUT2D eigenvalue weighted by molar-refractivity contribution is 7.92. The van der Waals surface area contributed by atoms with E-state index >= 15 is 0 Å². The summed E-state index contributed by atoms with van der Waals surface area (Å²) in [5.41, 5.74) is 4.54. The molecular formula is C29H35N3O3S. The SMILES string of the molecule is Cc1cccc(N(CC(=O)NCc2cccc(CN3CCCCC3)c2)S(=O)(=O)c2ccccc2)c1C. The van der Waals surface area contributed by atoms with Gasteiger partial charge < -0.3 is 5.32 Å². The number of piperidine rings is 1. The molecule has 1 aliphatic rings. The zero-order chi connectivity index (χ0) is 25.5. The van der Waals surface area contributed by atoms with Crippen LogP contribution in [-0.2, 0) is 27.9 Å². The Labute approximate surface area is 215 Å². The van der Waals surface area contributed by atoms with Crippen molar-refractivity contribution in [1.29, 1.82) is 0 Å². The van der Waals surface area contributed by atoms with Crippen molar-refractivity contribution in [1.82, 2.24) is 10.2 Å². The second-order valence-electron chi connectivity index (χ2n) is 9.48. The second-order valence-corrected chi connectivity index (χ2v) is 11.3. The minimum atomic E-state index is -3.93. The number of hydrogen-bond acceptors (Lipinski definition) is 4. The van der Waals surface area contributed by atoms with Crippen LogP contribution in [0.1, 0.15) is 41.5 Å². The van der Waals surface area contributed by atoms with E-state index in [1.807, 2.05) is 38.1 Å². The first kappa shape index (κ1) is 25.9. The maximum Gasteiger partial charge on any atom is 0.264 e. The summed E-state index contributed by atoms with van der Waals surface area (Å²) >= 11 is 0. The highest BCUT2D eigenvalue weighted by Crippen LogP contribution is 2.28. The highest BCUT2D eigenvalue weighted by Gasteiger charge is 2.28. The lowest BCUT2D eigenvalue weighted by molar-refractivity contribution is -0.119. The van der Waals surface area contributed by atoms with Crippen molar-refractivity contribution in [2.24, 2.45) is 0 Å². The van der Waals surface area contributed by atoms with Gasteiger partial charge in [0.15, 0.2) is 0 Å². The van der Waals surface area contributed by atoms with Crippen molar-refractivity contribution in [3.05, 3.63) is 95.1 Å². The van der Waals surface area contributed by atoms with Gasteiger partial charge in [0.1, 0.15) is 6.54 Å². The molecule has 0 aromatic heterocycles. The molecule has 7 heteroatoms. The Hall–Kier alpha value is -3.16. The molecule has 1 aliphatic heterocycles. The predicted octanol–water partition coefficient (Wildman–Crippen LogP) is 4.80. The summed E-state index contributed by atoms with van der Waals surface area (Å²) in [5.74, 6) is -0.350. The van der Waals surface area contributed by atoms with E-state index in [9.17, 15) is 13.2 Å². The minimum Gasteiger partial charge on any atom is -0.350 e. The number of nitrogens with zero attached hydrogens (tertiary/aromatic N) is 2. The lowest BCUT2D eigenvalue weighted by Crippen LogP contribution is -2.41. The molecule has 36 heavy (non-hydrogen) atoms. The predicted molar refractivity (Wildman–Crippen MR) is 144 cm³/mol. The Morgan fingerprint density at radius 3 is 2.33 bits per heavy atom. The number of carbonyl (C=O) groups excluding carboxylic acids is 1. The molecule has 0 unspecified atom stereocenters. The molecule has 1 heterocycles. The molecule has 0 aliphatic carbocycles. The van der Waals surface area contributed by atoms with Gasteiger partial charge in [-0.25, -0.2) is 8.42 Å². The summed E-state index contributed by atoms with van der Waals surface area (Å²) < 4.78 is 28.4. The van der Waals surface area contributed by atoms with Crippen molar-refractivity contribution in [3.63, 3.8) is 0 Å². The van der Waals surface area contributed by atoms with E-state index in [2.05, 4.69) is 22.3 Å². The van der Waals surface area contributed by atoms with Crippen molar-refractivity contribution < 1.29 is 13.2 Å². The number of sulfonamides is 1. The largest absolute Gasteiger partial charge is 0.350 e. The quantitative estimate of drug-likeness (QED) is 0.454. The van der Waals surface area contributed by atoms with Crippen molar-refractivity contribution >= 4 is 21.6 Å². The van der Waals surface area contributed by atoms with Crippen LogP contribution in [-0.4, -0.2) is 38.9 Å². The number of rotatable bonds is 9. The van der Waals surface area contributed by atoms with E-state index in [4.69, 9.17) is 0 Å². The zero-order valence-corrected chi connectivity index (χ0v) is 21.9. The van der Waals surface area contributed by atoms with Crippen LogP contribution in [0.15, 0.2) is 77.7 Å². The number of anilines is 1. The van der Waals surface area contributed by atoms with Crippen LogP contribution in [0.4, 0.5) is 5.69 Å². The molecule has 4 rings (SSSR count). The standard InChI is InChI=1S/C29H35N3O3S/c1-23-11-9-16-28(24(23)2)32(36(34,35)27-14-5-3-6-15-27)22-29(33)30-20-25-12-10-13-26(19-25)21-31-17-7-4-8-18-31/h3,5-6,9-16,19H,4,7-8,17-18,20-22H2,1-2H3,(H,30,33). The lowest BCUT2D eigenvalue weighted by Gasteiger charge is -2.27. The van der Waals surface area contributed by atoms with E-state index < -0.39 is 10.0 Å². The van der Waals surface area contributed by atoms with E-state index in [1.54, 1.807) is 36.4 Å². The summed E-state index contributed by atoms with van der Waals surface area (Å²) in [5, 5.41) is 2.93. The fraction of sp³-hybridized carbons (Fsp3) is 0.345. The summed E-state index contributed by atoms with van der Waals surface area (Å²) in [4.78, 5) is 15.7. The van der Waals surface area contributed by atoms with Gasteiger partial charge in [0, 0.05) is 13.1 Å². The van der Waals surface area contributed by atoms with Crippen LogP contribution < -0.4 is 9.62 Å². The van der Waals surface area contributed by atoms with Gasteiger partial charge >= 0.3 is 0 Å². The van der Waals surface area contributed by atoms with Gasteiger partial charge in [-0.2, -0.15) is 0 Å². The first-order valence-electron chi connectivity index (χ1n) is 12.6. The van der Waals surface area contributed by atoms with Gasteiger partial charge in [-0.15, -0.1) is 0 Å². The van der Waals surface area contributed by atoms with Crippen molar-refractivity contribution in [3.8, 4) is 0 Å². The summed E-state index contributed by atoms with van der Waals surface area (Å²) in [6, 6.07) is 22.0. The number of nitrogens with one attached hydrogen (secondary N) is 1. The fourth-order valence-corrected chi connectivity index (χ4v) is 6.13. The molecule has 0 spiro atoms. The molecule has 0 bridgehead atoms. The van der Waals surface area contributed by atoms with Crippen LogP contribution in [0.2, 0.25) is 0 Å². The number of hydrogen-bond donors (Lipinski definition) is 1. The summed E-state index contributed by atoms with van der Waals surface area (Å²) in [6.07, 6.45) is 3.80. The smallest absolute Gasteiger partial charge is 0.264 e. The molecule has 6 nitrogen and oxygen atoms in total. The number of likely N-dealkylation sites (tertiary alicyclic amines) is 1. The van der Waals surface area contributed by atoms with Crippen molar-refractivity contribution in [2.45, 2.75) is 51.1 Å². The van der Waals surface area contributed by atoms with Crippen LogP contribution in [0, 0.1) is 13.8 Å². The topological polar surface area (TPSA) is 69.7 Å². The Balaban J connectivity index is 1.49. The molecule has 1 fully saturated rings. The molecule has 0 atom stereocenters. The molecule has 3 aromatic carbocycles. The molecule has 1 amide bonds. The normalized spacial score (nSPS) is 14.4. The first-order chi connectivity index (χ1) is 17.3. The second kappa shape index (κ2) is 11.7. The molecule has 190 valence electrons.